The molecule has 126 valence electrons. The average molecular weight is 365 g/mol. The number of hydrogen-bond acceptors (Lipinski definition) is 3. The number of sulfonamides is 1. The van der Waals surface area contributed by atoms with Gasteiger partial charge in [0.05, 0.1) is 4.90 Å². The summed E-state index contributed by atoms with van der Waals surface area (Å²) in [7, 11) is -2.10. The first-order valence-corrected chi connectivity index (χ1v) is 9.01. The molecule has 0 saturated heterocycles. The summed E-state index contributed by atoms with van der Waals surface area (Å²) in [4.78, 5) is 12.0. The van der Waals surface area contributed by atoms with Gasteiger partial charge in [-0.1, -0.05) is 35.9 Å². The van der Waals surface area contributed by atoms with Crippen LogP contribution in [0, 0.1) is 0 Å². The molecule has 2 N–H and O–H groups in total. The van der Waals surface area contributed by atoms with Crippen molar-refractivity contribution in [2.75, 3.05) is 7.05 Å². The van der Waals surface area contributed by atoms with Gasteiger partial charge in [0.15, 0.2) is 0 Å². The standard InChI is InChI=1S/C17H17ClN2O3S/c1-19-24(22,23)16-8-5-13(6-9-16)7-10-17(21)20-12-14-3-2-4-15(18)11-14/h2-11,19H,12H2,1H3,(H,20,21)/b10-7+. The van der Waals surface area contributed by atoms with E-state index in [0.29, 0.717) is 11.6 Å². The van der Waals surface area contributed by atoms with E-state index in [1.165, 1.54) is 25.3 Å². The van der Waals surface area contributed by atoms with E-state index >= 15 is 0 Å². The summed E-state index contributed by atoms with van der Waals surface area (Å²) < 4.78 is 25.5. The molecule has 2 rings (SSSR count). The summed E-state index contributed by atoms with van der Waals surface area (Å²) in [5.74, 6) is -0.248. The third-order valence-electron chi connectivity index (χ3n) is 3.24. The highest BCUT2D eigenvalue weighted by Crippen LogP contribution is 2.12. The third-order valence-corrected chi connectivity index (χ3v) is 4.91. The van der Waals surface area contributed by atoms with Gasteiger partial charge in [0.1, 0.15) is 0 Å². The first-order valence-electron chi connectivity index (χ1n) is 7.15. The molecule has 0 heterocycles. The van der Waals surface area contributed by atoms with E-state index in [2.05, 4.69) is 10.0 Å². The summed E-state index contributed by atoms with van der Waals surface area (Å²) in [6.07, 6.45) is 3.01. The zero-order chi connectivity index (χ0) is 17.6. The van der Waals surface area contributed by atoms with Gasteiger partial charge < -0.3 is 5.32 Å². The normalized spacial score (nSPS) is 11.6. The third kappa shape index (κ3) is 5.19. The molecule has 5 nitrogen and oxygen atoms in total. The van der Waals surface area contributed by atoms with E-state index in [1.807, 2.05) is 12.1 Å². The summed E-state index contributed by atoms with van der Waals surface area (Å²) in [5, 5.41) is 3.37. The van der Waals surface area contributed by atoms with Crippen molar-refractivity contribution in [3.63, 3.8) is 0 Å². The monoisotopic (exact) mass is 364 g/mol. The number of halogens is 1. The van der Waals surface area contributed by atoms with E-state index in [0.717, 1.165) is 11.1 Å². The van der Waals surface area contributed by atoms with Crippen LogP contribution in [0.2, 0.25) is 5.02 Å². The average Bonchev–Trinajstić information content (AvgIpc) is 2.58. The molecular weight excluding hydrogens is 348 g/mol. The molecule has 0 fully saturated rings. The lowest BCUT2D eigenvalue weighted by atomic mass is 10.2. The second-order valence-corrected chi connectivity index (χ2v) is 7.28. The topological polar surface area (TPSA) is 75.3 Å². The van der Waals surface area contributed by atoms with Crippen LogP contribution in [0.3, 0.4) is 0 Å². The zero-order valence-corrected chi connectivity index (χ0v) is 14.6. The van der Waals surface area contributed by atoms with E-state index < -0.39 is 10.0 Å². The highest BCUT2D eigenvalue weighted by molar-refractivity contribution is 7.89. The predicted octanol–water partition coefficient (Wildman–Crippen LogP) is 2.58. The molecular formula is C17H17ClN2O3S. The van der Waals surface area contributed by atoms with Crippen molar-refractivity contribution < 1.29 is 13.2 Å². The number of carbonyl (C=O) groups excluding carboxylic acids is 1. The fourth-order valence-electron chi connectivity index (χ4n) is 1.94. The Morgan fingerprint density at radius 1 is 1.17 bits per heavy atom. The van der Waals surface area contributed by atoms with E-state index in [1.54, 1.807) is 30.3 Å². The molecule has 24 heavy (non-hydrogen) atoms. The number of benzene rings is 2. The van der Waals surface area contributed by atoms with Gasteiger partial charge in [-0.3, -0.25) is 4.79 Å². The van der Waals surface area contributed by atoms with Crippen LogP contribution in [-0.2, 0) is 21.4 Å². The largest absolute Gasteiger partial charge is 0.348 e. The Morgan fingerprint density at radius 3 is 2.50 bits per heavy atom. The highest BCUT2D eigenvalue weighted by atomic mass is 35.5. The van der Waals surface area contributed by atoms with Crippen molar-refractivity contribution in [2.24, 2.45) is 0 Å². The Bertz CT molecular complexity index is 846. The summed E-state index contributed by atoms with van der Waals surface area (Å²) >= 11 is 5.88. The molecule has 0 aliphatic rings. The highest BCUT2D eigenvalue weighted by Gasteiger charge is 2.09. The van der Waals surface area contributed by atoms with Gasteiger partial charge in [0.25, 0.3) is 0 Å². The maximum atomic E-state index is 11.8. The quantitative estimate of drug-likeness (QED) is 0.773. The Kier molecular flexibility index (Phi) is 6.14. The lowest BCUT2D eigenvalue weighted by Crippen LogP contribution is -2.20. The van der Waals surface area contributed by atoms with Crippen molar-refractivity contribution in [1.82, 2.24) is 10.0 Å². The number of hydrogen-bond donors (Lipinski definition) is 2. The van der Waals surface area contributed by atoms with Crippen molar-refractivity contribution in [3.8, 4) is 0 Å². The smallest absolute Gasteiger partial charge is 0.244 e. The lowest BCUT2D eigenvalue weighted by Gasteiger charge is -2.03. The van der Waals surface area contributed by atoms with Gasteiger partial charge in [0, 0.05) is 17.6 Å². The van der Waals surface area contributed by atoms with Crippen LogP contribution in [0.5, 0.6) is 0 Å². The van der Waals surface area contributed by atoms with Gasteiger partial charge >= 0.3 is 0 Å². The van der Waals surface area contributed by atoms with Crippen LogP contribution in [-0.4, -0.2) is 21.4 Å². The van der Waals surface area contributed by atoms with Crippen LogP contribution in [0.25, 0.3) is 6.08 Å². The van der Waals surface area contributed by atoms with Crippen LogP contribution in [0.1, 0.15) is 11.1 Å². The zero-order valence-electron chi connectivity index (χ0n) is 13.0. The summed E-state index contributed by atoms with van der Waals surface area (Å²) in [5.41, 5.74) is 1.63. The maximum absolute atomic E-state index is 11.8. The molecule has 0 bridgehead atoms. The lowest BCUT2D eigenvalue weighted by molar-refractivity contribution is -0.116. The molecule has 0 aliphatic carbocycles. The fraction of sp³-hybridized carbons (Fsp3) is 0.118. The predicted molar refractivity (Wildman–Crippen MR) is 95.0 cm³/mol. The van der Waals surface area contributed by atoms with Crippen LogP contribution in [0.15, 0.2) is 59.5 Å². The molecule has 0 radical (unpaired) electrons. The van der Waals surface area contributed by atoms with Gasteiger partial charge in [-0.2, -0.15) is 0 Å². The fourth-order valence-corrected chi connectivity index (χ4v) is 2.89. The van der Waals surface area contributed by atoms with Crippen molar-refractivity contribution in [3.05, 3.63) is 70.8 Å². The molecule has 2 aromatic rings. The summed E-state index contributed by atoms with van der Waals surface area (Å²) in [6, 6.07) is 13.5. The number of rotatable bonds is 6. The first-order chi connectivity index (χ1) is 11.4. The molecule has 0 saturated carbocycles. The number of carbonyl (C=O) groups is 1. The van der Waals surface area contributed by atoms with Gasteiger partial charge in [-0.05, 0) is 48.5 Å². The minimum absolute atomic E-state index is 0.174. The molecule has 0 aliphatic heterocycles. The van der Waals surface area contributed by atoms with E-state index in [-0.39, 0.29) is 10.8 Å². The molecule has 2 aromatic carbocycles. The minimum Gasteiger partial charge on any atom is -0.348 e. The van der Waals surface area contributed by atoms with E-state index in [4.69, 9.17) is 11.6 Å². The van der Waals surface area contributed by atoms with Crippen molar-refractivity contribution >= 4 is 33.6 Å². The maximum Gasteiger partial charge on any atom is 0.244 e. The van der Waals surface area contributed by atoms with Crippen LogP contribution in [0.4, 0.5) is 0 Å². The number of nitrogens with one attached hydrogen (secondary N) is 2. The minimum atomic E-state index is -3.45. The Hall–Kier alpha value is -2.15. The van der Waals surface area contributed by atoms with Gasteiger partial charge in [-0.25, -0.2) is 13.1 Å². The van der Waals surface area contributed by atoms with E-state index in [9.17, 15) is 13.2 Å². The molecule has 0 aromatic heterocycles. The van der Waals surface area contributed by atoms with Crippen molar-refractivity contribution in [2.45, 2.75) is 11.4 Å². The van der Waals surface area contributed by atoms with Gasteiger partial charge in [0.2, 0.25) is 15.9 Å². The number of amides is 1. The first kappa shape index (κ1) is 18.2. The van der Waals surface area contributed by atoms with Crippen molar-refractivity contribution in [1.29, 1.82) is 0 Å². The van der Waals surface area contributed by atoms with Gasteiger partial charge in [-0.15, -0.1) is 0 Å². The SMILES string of the molecule is CNS(=O)(=O)c1ccc(/C=C/C(=O)NCc2cccc(Cl)c2)cc1. The molecule has 7 heteroatoms. The Morgan fingerprint density at radius 2 is 1.88 bits per heavy atom. The molecule has 0 atom stereocenters. The Labute approximate surface area is 146 Å². The molecule has 1 amide bonds. The second kappa shape index (κ2) is 8.10. The molecule has 0 unspecified atom stereocenters. The summed E-state index contributed by atoms with van der Waals surface area (Å²) in [6.45, 7) is 0.378. The van der Waals surface area contributed by atoms with Crippen LogP contribution >= 0.6 is 11.6 Å². The van der Waals surface area contributed by atoms with Crippen LogP contribution < -0.4 is 10.0 Å². The Balaban J connectivity index is 1.94. The molecule has 0 spiro atoms. The second-order valence-electron chi connectivity index (χ2n) is 4.96.